The Balaban J connectivity index is 0.00000400. The summed E-state index contributed by atoms with van der Waals surface area (Å²) in [7, 11) is -3.56. The molecule has 1 saturated heterocycles. The van der Waals surface area contributed by atoms with E-state index in [2.05, 4.69) is 44.7 Å². The third-order valence-corrected chi connectivity index (χ3v) is 10.3. The monoisotopic (exact) mass is 578 g/mol. The molecule has 0 aliphatic carbocycles. The van der Waals surface area contributed by atoms with Crippen molar-refractivity contribution in [3.8, 4) is 0 Å². The molecule has 0 saturated carbocycles. The van der Waals surface area contributed by atoms with E-state index in [-0.39, 0.29) is 23.2 Å². The number of hydrogen-bond donors (Lipinski definition) is 0. The van der Waals surface area contributed by atoms with Crippen molar-refractivity contribution in [1.29, 1.82) is 0 Å². The number of fused-ring (bicyclic) bond motifs is 1. The maximum Gasteiger partial charge on any atom is 0.260 e. The van der Waals surface area contributed by atoms with Crippen LogP contribution in [0.3, 0.4) is 0 Å². The highest BCUT2D eigenvalue weighted by atomic mass is 35.5. The van der Waals surface area contributed by atoms with Crippen LogP contribution in [0.4, 0.5) is 5.13 Å². The van der Waals surface area contributed by atoms with E-state index in [0.29, 0.717) is 30.3 Å². The molecule has 0 unspecified atom stereocenters. The fourth-order valence-corrected chi connectivity index (χ4v) is 7.29. The zero-order chi connectivity index (χ0) is 26.6. The number of thiazole rings is 1. The second-order valence-corrected chi connectivity index (χ2v) is 12.7. The van der Waals surface area contributed by atoms with E-state index in [9.17, 15) is 13.2 Å². The van der Waals surface area contributed by atoms with Gasteiger partial charge in [-0.15, -0.1) is 12.4 Å². The first kappa shape index (κ1) is 30.5. The highest BCUT2D eigenvalue weighted by Gasteiger charge is 2.27. The fraction of sp³-hybridized carbons (Fsp3) is 0.500. The van der Waals surface area contributed by atoms with E-state index in [0.717, 1.165) is 55.5 Å². The molecule has 1 amide bonds. The molecule has 10 heteroatoms. The van der Waals surface area contributed by atoms with Crippen molar-refractivity contribution in [3.05, 3.63) is 53.1 Å². The lowest BCUT2D eigenvalue weighted by Gasteiger charge is -2.25. The lowest BCUT2D eigenvalue weighted by molar-refractivity contribution is 0.0983. The zero-order valence-electron chi connectivity index (χ0n) is 22.8. The number of benzene rings is 2. The summed E-state index contributed by atoms with van der Waals surface area (Å²) < 4.78 is 29.0. The molecular formula is C28H39ClN4O3S2. The molecule has 0 bridgehead atoms. The number of likely N-dealkylation sites (N-methyl/N-ethyl adjacent to an activating group) is 1. The minimum Gasteiger partial charge on any atom is -0.302 e. The van der Waals surface area contributed by atoms with Crippen LogP contribution in [0.15, 0.2) is 41.3 Å². The number of carbonyl (C=O) groups is 1. The Hall–Kier alpha value is -2.04. The van der Waals surface area contributed by atoms with Gasteiger partial charge in [-0.05, 0) is 87.3 Å². The Morgan fingerprint density at radius 1 is 0.947 bits per heavy atom. The van der Waals surface area contributed by atoms with Gasteiger partial charge in [0.2, 0.25) is 10.0 Å². The molecule has 1 aliphatic rings. The van der Waals surface area contributed by atoms with Crippen LogP contribution in [-0.2, 0) is 10.0 Å². The van der Waals surface area contributed by atoms with Gasteiger partial charge in [-0.25, -0.2) is 13.4 Å². The molecule has 208 valence electrons. The van der Waals surface area contributed by atoms with Gasteiger partial charge in [0.1, 0.15) is 0 Å². The van der Waals surface area contributed by atoms with Gasteiger partial charge in [0.05, 0.1) is 15.1 Å². The van der Waals surface area contributed by atoms with Crippen molar-refractivity contribution in [2.45, 2.75) is 58.3 Å². The molecule has 0 radical (unpaired) electrons. The van der Waals surface area contributed by atoms with E-state index in [1.807, 2.05) is 0 Å². The second kappa shape index (κ2) is 13.3. The highest BCUT2D eigenvalue weighted by molar-refractivity contribution is 7.89. The summed E-state index contributed by atoms with van der Waals surface area (Å²) in [5.41, 5.74) is 3.72. The van der Waals surface area contributed by atoms with Gasteiger partial charge in [0, 0.05) is 31.7 Å². The highest BCUT2D eigenvalue weighted by Crippen LogP contribution is 2.32. The Bertz CT molecular complexity index is 1290. The smallest absolute Gasteiger partial charge is 0.260 e. The number of aromatic nitrogens is 1. The van der Waals surface area contributed by atoms with Gasteiger partial charge in [0.25, 0.3) is 5.91 Å². The normalized spacial score (nSPS) is 14.9. The summed E-state index contributed by atoms with van der Waals surface area (Å²) in [4.78, 5) is 22.8. The van der Waals surface area contributed by atoms with Crippen molar-refractivity contribution < 1.29 is 13.2 Å². The van der Waals surface area contributed by atoms with E-state index in [4.69, 9.17) is 4.98 Å². The summed E-state index contributed by atoms with van der Waals surface area (Å²) in [6, 6.07) is 10.6. The predicted octanol–water partition coefficient (Wildman–Crippen LogP) is 5.89. The summed E-state index contributed by atoms with van der Waals surface area (Å²) in [5, 5.41) is 0.665. The number of sulfonamides is 1. The number of rotatable bonds is 9. The molecule has 2 aromatic carbocycles. The van der Waals surface area contributed by atoms with Gasteiger partial charge in [-0.3, -0.25) is 9.69 Å². The van der Waals surface area contributed by atoms with Crippen LogP contribution < -0.4 is 4.90 Å². The van der Waals surface area contributed by atoms with Crippen LogP contribution in [0.5, 0.6) is 0 Å². The lowest BCUT2D eigenvalue weighted by Crippen LogP contribution is -2.39. The zero-order valence-corrected chi connectivity index (χ0v) is 25.2. The Morgan fingerprint density at radius 2 is 1.55 bits per heavy atom. The van der Waals surface area contributed by atoms with Crippen LogP contribution in [0, 0.1) is 13.8 Å². The molecular weight excluding hydrogens is 540 g/mol. The van der Waals surface area contributed by atoms with E-state index < -0.39 is 10.0 Å². The van der Waals surface area contributed by atoms with Crippen LogP contribution in [-0.4, -0.2) is 67.8 Å². The van der Waals surface area contributed by atoms with Crippen LogP contribution in [0.25, 0.3) is 10.2 Å². The van der Waals surface area contributed by atoms with Crippen molar-refractivity contribution >= 4 is 55.0 Å². The molecule has 1 aliphatic heterocycles. The third-order valence-electron chi connectivity index (χ3n) is 7.31. The van der Waals surface area contributed by atoms with Crippen LogP contribution >= 0.6 is 23.7 Å². The summed E-state index contributed by atoms with van der Waals surface area (Å²) in [6.07, 6.45) is 3.90. The summed E-state index contributed by atoms with van der Waals surface area (Å²) in [5.74, 6) is -0.168. The number of hydrogen-bond acceptors (Lipinski definition) is 6. The van der Waals surface area contributed by atoms with Crippen molar-refractivity contribution in [2.75, 3.05) is 44.2 Å². The van der Waals surface area contributed by atoms with Gasteiger partial charge in [0.15, 0.2) is 5.13 Å². The Kier molecular flexibility index (Phi) is 10.7. The number of carbonyl (C=O) groups excluding carboxylic acids is 1. The predicted molar refractivity (Wildman–Crippen MR) is 159 cm³/mol. The average molecular weight is 579 g/mol. The van der Waals surface area contributed by atoms with Crippen molar-refractivity contribution in [3.63, 3.8) is 0 Å². The Morgan fingerprint density at radius 3 is 2.16 bits per heavy atom. The van der Waals surface area contributed by atoms with Gasteiger partial charge < -0.3 is 4.90 Å². The van der Waals surface area contributed by atoms with Gasteiger partial charge >= 0.3 is 0 Å². The largest absolute Gasteiger partial charge is 0.302 e. The molecule has 0 atom stereocenters. The maximum atomic E-state index is 13.8. The quantitative estimate of drug-likeness (QED) is 0.317. The SMILES string of the molecule is CCN(CC)CCN(C(=O)c1ccc(S(=O)(=O)N2CCCCCC2)cc1)c1nc2cc(C)c(C)cc2s1.Cl. The van der Waals surface area contributed by atoms with Gasteiger partial charge in [-0.2, -0.15) is 4.31 Å². The molecule has 38 heavy (non-hydrogen) atoms. The first-order chi connectivity index (χ1) is 17.7. The van der Waals surface area contributed by atoms with Crippen molar-refractivity contribution in [1.82, 2.24) is 14.2 Å². The Labute approximate surface area is 237 Å². The van der Waals surface area contributed by atoms with E-state index >= 15 is 0 Å². The number of halogens is 1. The number of nitrogens with zero attached hydrogens (tertiary/aromatic N) is 4. The first-order valence-corrected chi connectivity index (χ1v) is 15.5. The van der Waals surface area contributed by atoms with Gasteiger partial charge in [-0.1, -0.05) is 38.0 Å². The van der Waals surface area contributed by atoms with Crippen molar-refractivity contribution in [2.24, 2.45) is 0 Å². The van der Waals surface area contributed by atoms with Crippen LogP contribution in [0.1, 0.15) is 61.0 Å². The average Bonchev–Trinajstić information content (AvgIpc) is 3.09. The lowest BCUT2D eigenvalue weighted by atomic mass is 10.1. The number of anilines is 1. The minimum atomic E-state index is -3.56. The molecule has 1 aromatic heterocycles. The van der Waals surface area contributed by atoms with E-state index in [1.54, 1.807) is 33.5 Å². The standard InChI is InChI=1S/C28H38N4O3S2.ClH/c1-5-30(6-2)17-18-32(28-29-25-19-21(3)22(4)20-26(25)36-28)27(33)23-11-13-24(14-12-23)37(34,35)31-15-9-7-8-10-16-31;/h11-14,19-20H,5-10,15-18H2,1-4H3;1H. The summed E-state index contributed by atoms with van der Waals surface area (Å²) >= 11 is 1.52. The number of amides is 1. The molecule has 7 nitrogen and oxygen atoms in total. The topological polar surface area (TPSA) is 73.8 Å². The molecule has 2 heterocycles. The summed E-state index contributed by atoms with van der Waals surface area (Å²) in [6.45, 7) is 12.5. The molecule has 4 rings (SSSR count). The molecule has 0 spiro atoms. The first-order valence-electron chi connectivity index (χ1n) is 13.3. The number of aryl methyl sites for hydroxylation is 2. The molecule has 0 N–H and O–H groups in total. The third kappa shape index (κ3) is 6.74. The molecule has 1 fully saturated rings. The maximum absolute atomic E-state index is 13.8. The van der Waals surface area contributed by atoms with Crippen LogP contribution in [0.2, 0.25) is 0 Å². The molecule has 3 aromatic rings. The minimum absolute atomic E-state index is 0. The fourth-order valence-electron chi connectivity index (χ4n) is 4.70. The second-order valence-electron chi connectivity index (χ2n) is 9.73. The van der Waals surface area contributed by atoms with E-state index in [1.165, 1.54) is 22.5 Å².